The summed E-state index contributed by atoms with van der Waals surface area (Å²) in [7, 11) is 0. The van der Waals surface area contributed by atoms with Gasteiger partial charge < -0.3 is 20.1 Å². The number of aryl methyl sites for hydroxylation is 2. The van der Waals surface area contributed by atoms with E-state index in [1.807, 2.05) is 13.0 Å². The fraction of sp³-hybridized carbons (Fsp3) is 0.500. The standard InChI is InChI=1S/C20H28N4O2S/c1-6-21-19(22-10-18-24-13(2)14(3)27-18)23-11-20(4,5)15-7-8-16-17(9-15)26-12-25-16/h7-9H,6,10-12H2,1-5H3,(H2,21,22,23). The van der Waals surface area contributed by atoms with Crippen LogP contribution in [0, 0.1) is 13.8 Å². The van der Waals surface area contributed by atoms with Gasteiger partial charge in [-0.05, 0) is 38.5 Å². The molecule has 0 spiro atoms. The molecule has 146 valence electrons. The van der Waals surface area contributed by atoms with Crippen molar-refractivity contribution in [1.29, 1.82) is 0 Å². The van der Waals surface area contributed by atoms with E-state index in [4.69, 9.17) is 14.5 Å². The van der Waals surface area contributed by atoms with Gasteiger partial charge in [0.2, 0.25) is 6.79 Å². The van der Waals surface area contributed by atoms with Crippen LogP contribution >= 0.6 is 11.3 Å². The second kappa shape index (κ2) is 8.17. The predicted octanol–water partition coefficient (Wildman–Crippen LogP) is 3.52. The number of aromatic nitrogens is 1. The minimum absolute atomic E-state index is 0.0917. The summed E-state index contributed by atoms with van der Waals surface area (Å²) in [5.74, 6) is 2.43. The Balaban J connectivity index is 1.66. The smallest absolute Gasteiger partial charge is 0.231 e. The van der Waals surface area contributed by atoms with Crippen LogP contribution in [0.3, 0.4) is 0 Å². The lowest BCUT2D eigenvalue weighted by molar-refractivity contribution is 0.174. The predicted molar refractivity (Wildman–Crippen MR) is 110 cm³/mol. The fourth-order valence-corrected chi connectivity index (χ4v) is 3.68. The number of benzene rings is 1. The van der Waals surface area contributed by atoms with Crippen molar-refractivity contribution in [3.63, 3.8) is 0 Å². The molecule has 0 aliphatic carbocycles. The van der Waals surface area contributed by atoms with E-state index in [-0.39, 0.29) is 5.41 Å². The van der Waals surface area contributed by atoms with E-state index in [1.165, 1.54) is 10.4 Å². The van der Waals surface area contributed by atoms with Gasteiger partial charge in [-0.3, -0.25) is 0 Å². The van der Waals surface area contributed by atoms with Gasteiger partial charge in [0.05, 0.1) is 12.2 Å². The maximum Gasteiger partial charge on any atom is 0.231 e. The van der Waals surface area contributed by atoms with Crippen LogP contribution in [0.15, 0.2) is 23.2 Å². The molecular formula is C20H28N4O2S. The molecule has 7 heteroatoms. The van der Waals surface area contributed by atoms with Gasteiger partial charge in [-0.25, -0.2) is 9.98 Å². The molecule has 2 heterocycles. The zero-order valence-corrected chi connectivity index (χ0v) is 17.5. The van der Waals surface area contributed by atoms with Gasteiger partial charge in [-0.1, -0.05) is 19.9 Å². The molecule has 0 radical (unpaired) electrons. The van der Waals surface area contributed by atoms with E-state index in [2.05, 4.69) is 55.4 Å². The topological polar surface area (TPSA) is 67.8 Å². The molecule has 0 unspecified atom stereocenters. The summed E-state index contributed by atoms with van der Waals surface area (Å²) in [6.45, 7) is 13.0. The van der Waals surface area contributed by atoms with Crippen LogP contribution in [0.25, 0.3) is 0 Å². The number of thiazole rings is 1. The molecule has 2 aromatic rings. The van der Waals surface area contributed by atoms with Crippen molar-refractivity contribution >= 4 is 17.3 Å². The zero-order valence-electron chi connectivity index (χ0n) is 16.7. The number of hydrogen-bond acceptors (Lipinski definition) is 5. The summed E-state index contributed by atoms with van der Waals surface area (Å²) < 4.78 is 10.9. The maximum atomic E-state index is 5.51. The molecule has 1 aliphatic rings. The SMILES string of the molecule is CCNC(=NCc1nc(C)c(C)s1)NCC(C)(C)c1ccc2c(c1)OCO2. The number of aliphatic imine (C=N–C) groups is 1. The third-order valence-electron chi connectivity index (χ3n) is 4.64. The van der Waals surface area contributed by atoms with Gasteiger partial charge in [-0.2, -0.15) is 0 Å². The molecule has 0 fully saturated rings. The van der Waals surface area contributed by atoms with Crippen molar-refractivity contribution < 1.29 is 9.47 Å². The Kier molecular flexibility index (Phi) is 5.89. The third-order valence-corrected chi connectivity index (χ3v) is 5.70. The molecule has 0 bridgehead atoms. The average molecular weight is 389 g/mol. The summed E-state index contributed by atoms with van der Waals surface area (Å²) in [4.78, 5) is 10.5. The molecule has 0 atom stereocenters. The lowest BCUT2D eigenvalue weighted by Gasteiger charge is -2.27. The van der Waals surface area contributed by atoms with Crippen molar-refractivity contribution in [2.75, 3.05) is 19.9 Å². The molecule has 2 N–H and O–H groups in total. The third kappa shape index (κ3) is 4.71. The lowest BCUT2D eigenvalue weighted by atomic mass is 9.84. The largest absolute Gasteiger partial charge is 0.454 e. The van der Waals surface area contributed by atoms with Gasteiger partial charge in [0.25, 0.3) is 0 Å². The van der Waals surface area contributed by atoms with Crippen LogP contribution in [0.5, 0.6) is 11.5 Å². The van der Waals surface area contributed by atoms with Crippen molar-refractivity contribution in [3.8, 4) is 11.5 Å². The van der Waals surface area contributed by atoms with Crippen LogP contribution in [0.2, 0.25) is 0 Å². The minimum Gasteiger partial charge on any atom is -0.454 e. The Morgan fingerprint density at radius 2 is 2.00 bits per heavy atom. The number of ether oxygens (including phenoxy) is 2. The van der Waals surface area contributed by atoms with Gasteiger partial charge in [-0.15, -0.1) is 11.3 Å². The van der Waals surface area contributed by atoms with Crippen LogP contribution in [0.4, 0.5) is 0 Å². The number of rotatable bonds is 6. The quantitative estimate of drug-likeness (QED) is 0.585. The first-order chi connectivity index (χ1) is 12.9. The van der Waals surface area contributed by atoms with Crippen LogP contribution in [0.1, 0.15) is 41.9 Å². The number of nitrogens with one attached hydrogen (secondary N) is 2. The Bertz CT molecular complexity index is 810. The Labute approximate surface area is 165 Å². The Morgan fingerprint density at radius 1 is 1.22 bits per heavy atom. The van der Waals surface area contributed by atoms with Crippen molar-refractivity contribution in [1.82, 2.24) is 15.6 Å². The van der Waals surface area contributed by atoms with Crippen molar-refractivity contribution in [2.24, 2.45) is 4.99 Å². The first kappa shape index (κ1) is 19.5. The minimum atomic E-state index is -0.0917. The molecule has 3 rings (SSSR count). The van der Waals surface area contributed by atoms with E-state index in [0.29, 0.717) is 13.3 Å². The number of hydrogen-bond donors (Lipinski definition) is 2. The Hall–Kier alpha value is -2.28. The first-order valence-corrected chi connectivity index (χ1v) is 10.1. The molecule has 1 aliphatic heterocycles. The highest BCUT2D eigenvalue weighted by atomic mass is 32.1. The lowest BCUT2D eigenvalue weighted by Crippen LogP contribution is -2.43. The van der Waals surface area contributed by atoms with Gasteiger partial charge in [0, 0.05) is 23.4 Å². The average Bonchev–Trinajstić information content (AvgIpc) is 3.23. The first-order valence-electron chi connectivity index (χ1n) is 9.24. The molecular weight excluding hydrogens is 360 g/mol. The summed E-state index contributed by atoms with van der Waals surface area (Å²) >= 11 is 1.71. The van der Waals surface area contributed by atoms with Gasteiger partial charge in [0.1, 0.15) is 5.01 Å². The normalized spacial score (nSPS) is 13.7. The highest BCUT2D eigenvalue weighted by Crippen LogP contribution is 2.36. The summed E-state index contributed by atoms with van der Waals surface area (Å²) in [5.41, 5.74) is 2.19. The van der Waals surface area contributed by atoms with E-state index in [9.17, 15) is 0 Å². The van der Waals surface area contributed by atoms with E-state index in [0.717, 1.165) is 41.2 Å². The summed E-state index contributed by atoms with van der Waals surface area (Å²) in [5, 5.41) is 7.81. The highest BCUT2D eigenvalue weighted by molar-refractivity contribution is 7.11. The van der Waals surface area contributed by atoms with Gasteiger partial charge >= 0.3 is 0 Å². The molecule has 0 saturated heterocycles. The maximum absolute atomic E-state index is 5.51. The molecule has 1 aromatic heterocycles. The second-order valence-corrected chi connectivity index (χ2v) is 8.54. The molecule has 6 nitrogen and oxygen atoms in total. The van der Waals surface area contributed by atoms with E-state index < -0.39 is 0 Å². The molecule has 27 heavy (non-hydrogen) atoms. The molecule has 1 aromatic carbocycles. The molecule has 0 saturated carbocycles. The number of guanidine groups is 1. The number of nitrogens with zero attached hydrogens (tertiary/aromatic N) is 2. The summed E-state index contributed by atoms with van der Waals surface area (Å²) in [6, 6.07) is 6.14. The van der Waals surface area contributed by atoms with E-state index in [1.54, 1.807) is 11.3 Å². The van der Waals surface area contributed by atoms with E-state index >= 15 is 0 Å². The Morgan fingerprint density at radius 3 is 2.70 bits per heavy atom. The van der Waals surface area contributed by atoms with Crippen molar-refractivity contribution in [2.45, 2.75) is 46.6 Å². The highest BCUT2D eigenvalue weighted by Gasteiger charge is 2.24. The van der Waals surface area contributed by atoms with Crippen molar-refractivity contribution in [3.05, 3.63) is 39.3 Å². The number of fused-ring (bicyclic) bond motifs is 1. The molecule has 0 amide bonds. The second-order valence-electron chi connectivity index (χ2n) is 7.25. The zero-order chi connectivity index (χ0) is 19.4. The summed E-state index contributed by atoms with van der Waals surface area (Å²) in [6.07, 6.45) is 0. The van der Waals surface area contributed by atoms with Crippen LogP contribution in [-0.2, 0) is 12.0 Å². The monoisotopic (exact) mass is 388 g/mol. The van der Waals surface area contributed by atoms with Gasteiger partial charge in [0.15, 0.2) is 17.5 Å². The fourth-order valence-electron chi connectivity index (χ4n) is 2.82. The van der Waals surface area contributed by atoms with Crippen LogP contribution < -0.4 is 20.1 Å². The van der Waals surface area contributed by atoms with Crippen LogP contribution in [-0.4, -0.2) is 30.8 Å².